The molecule has 0 saturated heterocycles. The fourth-order valence-corrected chi connectivity index (χ4v) is 2.46. The lowest BCUT2D eigenvalue weighted by molar-refractivity contribution is 0.101. The van der Waals surface area contributed by atoms with Crippen LogP contribution in [0.5, 0.6) is 0 Å². The summed E-state index contributed by atoms with van der Waals surface area (Å²) in [6, 6.07) is 3.17. The lowest BCUT2D eigenvalue weighted by Crippen LogP contribution is -2.24. The van der Waals surface area contributed by atoms with Gasteiger partial charge in [-0.1, -0.05) is 6.42 Å². The molecule has 1 fully saturated rings. The lowest BCUT2D eigenvalue weighted by Gasteiger charge is -2.28. The van der Waals surface area contributed by atoms with Crippen LogP contribution in [0.15, 0.2) is 21.5 Å². The van der Waals surface area contributed by atoms with Gasteiger partial charge < -0.3 is 4.52 Å². The number of fused-ring (bicyclic) bond motifs is 1. The number of alkyl halides is 1. The number of rotatable bonds is 1. The van der Waals surface area contributed by atoms with Crippen LogP contribution in [0, 0.1) is 0 Å². The highest BCUT2D eigenvalue weighted by atomic mass is 19.1. The molecule has 1 aliphatic rings. The summed E-state index contributed by atoms with van der Waals surface area (Å²) in [5.74, 6) is 0. The van der Waals surface area contributed by atoms with Crippen molar-refractivity contribution in [2.75, 3.05) is 0 Å². The van der Waals surface area contributed by atoms with Crippen LogP contribution in [0.1, 0.15) is 37.8 Å². The van der Waals surface area contributed by atoms with E-state index in [1.54, 1.807) is 12.1 Å². The quantitative estimate of drug-likeness (QED) is 0.828. The first-order valence-corrected chi connectivity index (χ1v) is 5.87. The van der Waals surface area contributed by atoms with Gasteiger partial charge in [-0.3, -0.25) is 4.79 Å². The number of H-pyrrole nitrogens is 1. The van der Waals surface area contributed by atoms with Gasteiger partial charge in [0.05, 0.1) is 5.69 Å². The molecule has 2 aromatic heterocycles. The Labute approximate surface area is 96.8 Å². The molecule has 0 bridgehead atoms. The molecule has 0 spiro atoms. The first kappa shape index (κ1) is 10.5. The van der Waals surface area contributed by atoms with Crippen molar-refractivity contribution in [3.63, 3.8) is 0 Å². The number of pyridine rings is 1. The van der Waals surface area contributed by atoms with E-state index in [4.69, 9.17) is 4.52 Å². The molecule has 2 aromatic rings. The van der Waals surface area contributed by atoms with E-state index in [0.29, 0.717) is 23.9 Å². The topological polar surface area (TPSA) is 58.9 Å². The average Bonchev–Trinajstić information content (AvgIpc) is 2.72. The second-order valence-corrected chi connectivity index (χ2v) is 4.61. The van der Waals surface area contributed by atoms with Crippen LogP contribution in [0.4, 0.5) is 4.39 Å². The molecule has 1 saturated carbocycles. The van der Waals surface area contributed by atoms with Crippen LogP contribution in [0.3, 0.4) is 0 Å². The standard InChI is InChI=1S/C12H13FN2O2/c13-12(6-2-1-3-7-12)9-5-4-8-10(16)15-17-11(8)14-9/h4-5H,1-3,6-7H2,(H,15,16). The average molecular weight is 236 g/mol. The summed E-state index contributed by atoms with van der Waals surface area (Å²) < 4.78 is 19.6. The maximum atomic E-state index is 14.6. The minimum Gasteiger partial charge on any atom is -0.358 e. The lowest BCUT2D eigenvalue weighted by atomic mass is 9.84. The van der Waals surface area contributed by atoms with Crippen molar-refractivity contribution >= 4 is 11.1 Å². The van der Waals surface area contributed by atoms with E-state index in [-0.39, 0.29) is 11.3 Å². The molecule has 17 heavy (non-hydrogen) atoms. The van der Waals surface area contributed by atoms with Crippen molar-refractivity contribution in [1.29, 1.82) is 0 Å². The fourth-order valence-electron chi connectivity index (χ4n) is 2.46. The molecule has 1 aliphatic carbocycles. The molecule has 0 unspecified atom stereocenters. The zero-order valence-corrected chi connectivity index (χ0v) is 9.33. The van der Waals surface area contributed by atoms with Crippen LogP contribution < -0.4 is 5.56 Å². The third kappa shape index (κ3) is 1.66. The second kappa shape index (κ2) is 3.68. The van der Waals surface area contributed by atoms with E-state index in [9.17, 15) is 9.18 Å². The van der Waals surface area contributed by atoms with Gasteiger partial charge >= 0.3 is 0 Å². The highest BCUT2D eigenvalue weighted by Crippen LogP contribution is 2.39. The first-order valence-electron chi connectivity index (χ1n) is 5.87. The molecule has 3 rings (SSSR count). The molecule has 0 aromatic carbocycles. The summed E-state index contributed by atoms with van der Waals surface area (Å²) in [5, 5.41) is 2.57. The Morgan fingerprint density at radius 1 is 1.29 bits per heavy atom. The van der Waals surface area contributed by atoms with Gasteiger partial charge in [0, 0.05) is 0 Å². The Kier molecular flexibility index (Phi) is 2.28. The Morgan fingerprint density at radius 2 is 2.06 bits per heavy atom. The largest absolute Gasteiger partial charge is 0.358 e. The predicted octanol–water partition coefficient (Wildman–Crippen LogP) is 2.65. The number of nitrogens with zero attached hydrogens (tertiary/aromatic N) is 1. The monoisotopic (exact) mass is 236 g/mol. The summed E-state index contributed by atoms with van der Waals surface area (Å²) in [4.78, 5) is 15.4. The Balaban J connectivity index is 2.08. The van der Waals surface area contributed by atoms with Crippen LogP contribution >= 0.6 is 0 Å². The van der Waals surface area contributed by atoms with Crippen molar-refractivity contribution in [1.82, 2.24) is 10.1 Å². The van der Waals surface area contributed by atoms with E-state index in [2.05, 4.69) is 10.1 Å². The molecule has 5 heteroatoms. The number of aromatic amines is 1. The molecular weight excluding hydrogens is 223 g/mol. The smallest absolute Gasteiger partial charge is 0.289 e. The third-order valence-corrected chi connectivity index (χ3v) is 3.45. The highest BCUT2D eigenvalue weighted by molar-refractivity contribution is 5.71. The van der Waals surface area contributed by atoms with Crippen LogP contribution in [0.2, 0.25) is 0 Å². The Bertz CT molecular complexity index is 596. The summed E-state index contributed by atoms with van der Waals surface area (Å²) in [6.45, 7) is 0. The summed E-state index contributed by atoms with van der Waals surface area (Å²) in [5.41, 5.74) is -1.11. The van der Waals surface area contributed by atoms with E-state index in [0.717, 1.165) is 19.3 Å². The van der Waals surface area contributed by atoms with Gasteiger partial charge in [0.25, 0.3) is 11.3 Å². The zero-order chi connectivity index (χ0) is 11.9. The Morgan fingerprint density at radius 3 is 2.82 bits per heavy atom. The SMILES string of the molecule is O=c1[nH]oc2nc(C3(F)CCCCC3)ccc12. The molecule has 1 N–H and O–H groups in total. The van der Waals surface area contributed by atoms with E-state index >= 15 is 0 Å². The number of hydrogen-bond acceptors (Lipinski definition) is 3. The highest BCUT2D eigenvalue weighted by Gasteiger charge is 2.35. The van der Waals surface area contributed by atoms with E-state index < -0.39 is 5.67 Å². The maximum absolute atomic E-state index is 14.6. The number of halogens is 1. The number of nitrogens with one attached hydrogen (secondary N) is 1. The molecule has 0 aliphatic heterocycles. The summed E-state index contributed by atoms with van der Waals surface area (Å²) in [7, 11) is 0. The molecule has 0 atom stereocenters. The molecule has 0 radical (unpaired) electrons. The third-order valence-electron chi connectivity index (χ3n) is 3.45. The molecule has 2 heterocycles. The van der Waals surface area contributed by atoms with Gasteiger partial charge in [-0.2, -0.15) is 5.16 Å². The number of hydrogen-bond donors (Lipinski definition) is 1. The fraction of sp³-hybridized carbons (Fsp3) is 0.500. The Hall–Kier alpha value is -1.65. The molecular formula is C12H13FN2O2. The zero-order valence-electron chi connectivity index (χ0n) is 9.33. The van der Waals surface area contributed by atoms with Crippen molar-refractivity contribution in [2.45, 2.75) is 37.8 Å². The van der Waals surface area contributed by atoms with Crippen LogP contribution in [-0.4, -0.2) is 10.1 Å². The van der Waals surface area contributed by atoms with Gasteiger partial charge in [0.15, 0.2) is 5.67 Å². The first-order chi connectivity index (χ1) is 8.19. The number of aromatic nitrogens is 2. The normalized spacial score (nSPS) is 19.6. The minimum atomic E-state index is -1.36. The van der Waals surface area contributed by atoms with Crippen molar-refractivity contribution in [2.24, 2.45) is 0 Å². The maximum Gasteiger partial charge on any atom is 0.289 e. The second-order valence-electron chi connectivity index (χ2n) is 4.61. The summed E-state index contributed by atoms with van der Waals surface area (Å²) >= 11 is 0. The van der Waals surface area contributed by atoms with Gasteiger partial charge in [-0.15, -0.1) is 0 Å². The van der Waals surface area contributed by atoms with Gasteiger partial charge in [-0.05, 0) is 37.8 Å². The van der Waals surface area contributed by atoms with Crippen LogP contribution in [-0.2, 0) is 5.67 Å². The predicted molar refractivity (Wildman–Crippen MR) is 60.5 cm³/mol. The van der Waals surface area contributed by atoms with Gasteiger partial charge in [-0.25, -0.2) is 9.37 Å². The molecule has 4 nitrogen and oxygen atoms in total. The van der Waals surface area contributed by atoms with Crippen LogP contribution in [0.25, 0.3) is 11.1 Å². The van der Waals surface area contributed by atoms with Crippen molar-refractivity contribution in [3.8, 4) is 0 Å². The van der Waals surface area contributed by atoms with E-state index in [1.165, 1.54) is 0 Å². The van der Waals surface area contributed by atoms with E-state index in [1.807, 2.05) is 0 Å². The van der Waals surface area contributed by atoms with Gasteiger partial charge in [0.2, 0.25) is 0 Å². The van der Waals surface area contributed by atoms with Crippen molar-refractivity contribution < 1.29 is 8.91 Å². The molecule has 90 valence electrons. The molecule has 0 amide bonds. The summed E-state index contributed by atoms with van der Waals surface area (Å²) in [6.07, 6.45) is 3.84. The van der Waals surface area contributed by atoms with Crippen molar-refractivity contribution in [3.05, 3.63) is 28.2 Å². The minimum absolute atomic E-state index is 0.190. The van der Waals surface area contributed by atoms with Gasteiger partial charge in [0.1, 0.15) is 5.39 Å².